The van der Waals surface area contributed by atoms with Gasteiger partial charge in [-0.1, -0.05) is 48.9 Å². The lowest BCUT2D eigenvalue weighted by Gasteiger charge is -2.23. The highest BCUT2D eigenvalue weighted by molar-refractivity contribution is 5.82. The number of aromatic amines is 1. The predicted octanol–water partition coefficient (Wildman–Crippen LogP) is 2.98. The van der Waals surface area contributed by atoms with Crippen molar-refractivity contribution in [2.75, 3.05) is 5.32 Å². The zero-order valence-corrected chi connectivity index (χ0v) is 18.0. The number of hydrogen-bond donors (Lipinski definition) is 2. The van der Waals surface area contributed by atoms with Crippen molar-refractivity contribution in [1.82, 2.24) is 24.5 Å². The molecule has 3 heterocycles. The standard InChI is InChI=1S/C25H24N6O/c1-3-19(30-24-22-23(27-14-26-22)28-15-29-24)20-13-17-10-8-7-9-16(2)21(17)25(32)31(20)18-11-5-4-6-12-18/h4-8,10-15,19H,3,9H2,1-2H3,(H2,26,27,28,29,30)/t19-/m0/s1. The molecule has 0 saturated carbocycles. The van der Waals surface area contributed by atoms with Crippen molar-refractivity contribution in [2.45, 2.75) is 32.7 Å². The van der Waals surface area contributed by atoms with Crippen molar-refractivity contribution in [1.29, 1.82) is 0 Å². The summed E-state index contributed by atoms with van der Waals surface area (Å²) in [4.78, 5) is 29.8. The Morgan fingerprint density at radius 3 is 2.84 bits per heavy atom. The van der Waals surface area contributed by atoms with Crippen LogP contribution in [0.1, 0.15) is 38.4 Å². The van der Waals surface area contributed by atoms with Crippen LogP contribution < -0.4 is 21.3 Å². The molecule has 7 heteroatoms. The second-order valence-electron chi connectivity index (χ2n) is 7.88. The van der Waals surface area contributed by atoms with E-state index in [-0.39, 0.29) is 11.6 Å². The van der Waals surface area contributed by atoms with Crippen LogP contribution in [0.5, 0.6) is 0 Å². The van der Waals surface area contributed by atoms with Crippen molar-refractivity contribution in [3.63, 3.8) is 0 Å². The molecule has 2 N–H and O–H groups in total. The third-order valence-electron chi connectivity index (χ3n) is 5.84. The number of fused-ring (bicyclic) bond motifs is 2. The molecule has 0 radical (unpaired) electrons. The summed E-state index contributed by atoms with van der Waals surface area (Å²) < 4.78 is 1.83. The molecule has 3 aromatic heterocycles. The SMILES string of the molecule is CC[C@H](Nc1ncnc2nc[nH]c12)c1cc2c(c(=O)n1-c1ccccc1)=C(C)CC=CC=2. The summed E-state index contributed by atoms with van der Waals surface area (Å²) in [5, 5.41) is 5.24. The van der Waals surface area contributed by atoms with Crippen molar-refractivity contribution in [3.8, 4) is 5.69 Å². The van der Waals surface area contributed by atoms with E-state index in [0.717, 1.165) is 45.8 Å². The third kappa shape index (κ3) is 3.41. The Morgan fingerprint density at radius 2 is 2.03 bits per heavy atom. The van der Waals surface area contributed by atoms with E-state index in [4.69, 9.17) is 0 Å². The van der Waals surface area contributed by atoms with Crippen molar-refractivity contribution >= 4 is 28.6 Å². The molecule has 32 heavy (non-hydrogen) atoms. The highest BCUT2D eigenvalue weighted by atomic mass is 16.1. The average molecular weight is 425 g/mol. The number of imidazole rings is 1. The molecule has 0 bridgehead atoms. The molecule has 1 aromatic carbocycles. The number of anilines is 1. The Balaban J connectivity index is 1.76. The summed E-state index contributed by atoms with van der Waals surface area (Å²) in [7, 11) is 0. The second kappa shape index (κ2) is 8.26. The first-order chi connectivity index (χ1) is 15.7. The van der Waals surface area contributed by atoms with Crippen LogP contribution in [0, 0.1) is 0 Å². The van der Waals surface area contributed by atoms with Crippen molar-refractivity contribution in [2.24, 2.45) is 0 Å². The lowest BCUT2D eigenvalue weighted by molar-refractivity contribution is 0.681. The first kappa shape index (κ1) is 19.9. The number of H-pyrrole nitrogens is 1. The Morgan fingerprint density at radius 1 is 1.19 bits per heavy atom. The Bertz CT molecular complexity index is 1500. The van der Waals surface area contributed by atoms with E-state index < -0.39 is 0 Å². The molecule has 1 aliphatic carbocycles. The Kier molecular flexibility index (Phi) is 5.15. The highest BCUT2D eigenvalue weighted by Crippen LogP contribution is 2.25. The number of pyridine rings is 1. The Labute approximate surface area is 184 Å². The number of benzene rings is 1. The van der Waals surface area contributed by atoms with Gasteiger partial charge in [-0.2, -0.15) is 0 Å². The molecular formula is C25H24N6O. The maximum Gasteiger partial charge on any atom is 0.263 e. The van der Waals surface area contributed by atoms with Crippen molar-refractivity contribution in [3.05, 3.63) is 87.7 Å². The summed E-state index contributed by atoms with van der Waals surface area (Å²) in [5.74, 6) is 0.660. The quantitative estimate of drug-likeness (QED) is 0.514. The summed E-state index contributed by atoms with van der Waals surface area (Å²) in [5.41, 5.74) is 4.14. The zero-order chi connectivity index (χ0) is 22.1. The van der Waals surface area contributed by atoms with Gasteiger partial charge in [-0.15, -0.1) is 0 Å². The van der Waals surface area contributed by atoms with Crippen LogP contribution in [0.25, 0.3) is 28.5 Å². The molecule has 1 atom stereocenters. The van der Waals surface area contributed by atoms with Crippen LogP contribution in [0.15, 0.2) is 66.0 Å². The molecule has 0 amide bonds. The second-order valence-corrected chi connectivity index (χ2v) is 7.88. The molecule has 0 fully saturated rings. The first-order valence-electron chi connectivity index (χ1n) is 10.8. The normalized spacial score (nSPS) is 14.0. The van der Waals surface area contributed by atoms with Gasteiger partial charge in [-0.05, 0) is 43.2 Å². The van der Waals surface area contributed by atoms with Gasteiger partial charge in [0, 0.05) is 16.6 Å². The molecule has 4 aromatic rings. The molecular weight excluding hydrogens is 400 g/mol. The third-order valence-corrected chi connectivity index (χ3v) is 5.84. The van der Waals surface area contributed by atoms with Gasteiger partial charge in [0.15, 0.2) is 11.5 Å². The molecule has 7 nitrogen and oxygen atoms in total. The van der Waals surface area contributed by atoms with Gasteiger partial charge < -0.3 is 10.3 Å². The van der Waals surface area contributed by atoms with E-state index in [1.165, 1.54) is 6.33 Å². The van der Waals surface area contributed by atoms with Crippen LogP contribution in [0.4, 0.5) is 5.82 Å². The topological polar surface area (TPSA) is 88.5 Å². The van der Waals surface area contributed by atoms with E-state index >= 15 is 0 Å². The van der Waals surface area contributed by atoms with Gasteiger partial charge in [0.2, 0.25) is 0 Å². The van der Waals surface area contributed by atoms with Gasteiger partial charge in [0.1, 0.15) is 11.8 Å². The number of rotatable bonds is 5. The minimum absolute atomic E-state index is 0.00391. The fourth-order valence-corrected chi connectivity index (χ4v) is 4.25. The van der Waals surface area contributed by atoms with Crippen molar-refractivity contribution < 1.29 is 0 Å². The fourth-order valence-electron chi connectivity index (χ4n) is 4.25. The molecule has 0 aliphatic heterocycles. The number of allylic oxidation sites excluding steroid dienone is 2. The number of aromatic nitrogens is 5. The zero-order valence-electron chi connectivity index (χ0n) is 18.0. The predicted molar refractivity (Wildman–Crippen MR) is 127 cm³/mol. The van der Waals surface area contributed by atoms with Crippen LogP contribution in [0.2, 0.25) is 0 Å². The number of para-hydroxylation sites is 1. The average Bonchev–Trinajstić information content (AvgIpc) is 3.22. The van der Waals surface area contributed by atoms with Gasteiger partial charge in [-0.25, -0.2) is 15.0 Å². The summed E-state index contributed by atoms with van der Waals surface area (Å²) >= 11 is 0. The van der Waals surface area contributed by atoms with E-state index in [1.807, 2.05) is 54.0 Å². The van der Waals surface area contributed by atoms with Crippen LogP contribution in [-0.4, -0.2) is 24.5 Å². The highest BCUT2D eigenvalue weighted by Gasteiger charge is 2.20. The smallest absolute Gasteiger partial charge is 0.263 e. The monoisotopic (exact) mass is 424 g/mol. The number of nitrogens with zero attached hydrogens (tertiary/aromatic N) is 4. The number of hydrogen-bond acceptors (Lipinski definition) is 5. The van der Waals surface area contributed by atoms with Gasteiger partial charge >= 0.3 is 0 Å². The largest absolute Gasteiger partial charge is 0.360 e. The van der Waals surface area contributed by atoms with Crippen LogP contribution in [0.3, 0.4) is 0 Å². The fraction of sp³-hybridized carbons (Fsp3) is 0.200. The molecule has 160 valence electrons. The van der Waals surface area contributed by atoms with E-state index in [1.54, 1.807) is 6.33 Å². The maximum atomic E-state index is 13.9. The first-order valence-corrected chi connectivity index (χ1v) is 10.8. The van der Waals surface area contributed by atoms with E-state index in [0.29, 0.717) is 11.5 Å². The lowest BCUT2D eigenvalue weighted by atomic mass is 10.1. The van der Waals surface area contributed by atoms with Gasteiger partial charge in [-0.3, -0.25) is 9.36 Å². The van der Waals surface area contributed by atoms with Crippen LogP contribution >= 0.6 is 0 Å². The number of nitrogens with one attached hydrogen (secondary N) is 2. The molecule has 0 spiro atoms. The minimum atomic E-state index is -0.157. The van der Waals surface area contributed by atoms with Crippen LogP contribution in [-0.2, 0) is 0 Å². The maximum absolute atomic E-state index is 13.9. The lowest BCUT2D eigenvalue weighted by Crippen LogP contribution is -2.47. The van der Waals surface area contributed by atoms with E-state index in [2.05, 4.69) is 44.3 Å². The molecule has 0 saturated heterocycles. The summed E-state index contributed by atoms with van der Waals surface area (Å²) in [6.45, 7) is 4.12. The molecule has 5 rings (SSSR count). The van der Waals surface area contributed by atoms with E-state index in [9.17, 15) is 4.79 Å². The molecule has 0 unspecified atom stereocenters. The Hall–Kier alpha value is -4.00. The van der Waals surface area contributed by atoms with Gasteiger partial charge in [0.05, 0.1) is 12.4 Å². The van der Waals surface area contributed by atoms with Gasteiger partial charge in [0.25, 0.3) is 5.56 Å². The summed E-state index contributed by atoms with van der Waals surface area (Å²) in [6, 6.07) is 11.8. The minimum Gasteiger partial charge on any atom is -0.360 e. The molecule has 1 aliphatic rings. The summed E-state index contributed by atoms with van der Waals surface area (Å²) in [6.07, 6.45) is 10.8.